The topological polar surface area (TPSA) is 103 Å². The van der Waals surface area contributed by atoms with Gasteiger partial charge in [-0.3, -0.25) is 4.79 Å². The van der Waals surface area contributed by atoms with E-state index in [2.05, 4.69) is 15.5 Å². The van der Waals surface area contributed by atoms with Gasteiger partial charge in [-0.25, -0.2) is 0 Å². The highest BCUT2D eigenvalue weighted by Gasteiger charge is 2.12. The van der Waals surface area contributed by atoms with Crippen molar-refractivity contribution in [3.05, 3.63) is 23.8 Å². The van der Waals surface area contributed by atoms with Gasteiger partial charge in [0.2, 0.25) is 5.91 Å². The lowest BCUT2D eigenvalue weighted by Gasteiger charge is -2.12. The number of hydrogen-bond acceptors (Lipinski definition) is 10. The minimum absolute atomic E-state index is 0.00620. The van der Waals surface area contributed by atoms with Crippen molar-refractivity contribution in [2.24, 2.45) is 0 Å². The molecule has 30 heavy (non-hydrogen) atoms. The molecule has 1 heterocycles. The van der Waals surface area contributed by atoms with Gasteiger partial charge in [0.05, 0.1) is 39.3 Å². The van der Waals surface area contributed by atoms with Gasteiger partial charge in [-0.05, 0) is 24.1 Å². The van der Waals surface area contributed by atoms with E-state index in [1.165, 1.54) is 34.9 Å². The standard InChI is InChI=1S/C19H27N3O5S3/c1-4-7-20-17(24)12-29-19-22-21-18(30-19)28-11-14(23)10-27-9-13-5-6-15(25-2)16(8-13)26-3/h5-6,8,14,23H,4,7,9-12H2,1-3H3,(H,20,24). The largest absolute Gasteiger partial charge is 0.493 e. The Hall–Kier alpha value is -1.53. The number of methoxy groups -OCH3 is 2. The summed E-state index contributed by atoms with van der Waals surface area (Å²) in [6, 6.07) is 5.57. The fourth-order valence-electron chi connectivity index (χ4n) is 2.26. The second kappa shape index (κ2) is 13.7. The molecular weight excluding hydrogens is 446 g/mol. The second-order valence-corrected chi connectivity index (χ2v) is 9.61. The van der Waals surface area contributed by atoms with E-state index in [4.69, 9.17) is 14.2 Å². The van der Waals surface area contributed by atoms with Crippen molar-refractivity contribution in [3.63, 3.8) is 0 Å². The molecule has 0 aliphatic heterocycles. The first-order valence-electron chi connectivity index (χ1n) is 9.38. The average molecular weight is 474 g/mol. The molecule has 1 amide bonds. The van der Waals surface area contributed by atoms with Crippen LogP contribution in [0.15, 0.2) is 26.9 Å². The Kier molecular flexibility index (Phi) is 11.3. The molecule has 166 valence electrons. The zero-order chi connectivity index (χ0) is 21.8. The number of hydrogen-bond donors (Lipinski definition) is 2. The van der Waals surface area contributed by atoms with Gasteiger partial charge in [0.25, 0.3) is 0 Å². The molecule has 11 heteroatoms. The van der Waals surface area contributed by atoms with Crippen molar-refractivity contribution < 1.29 is 24.1 Å². The number of carbonyl (C=O) groups excluding carboxylic acids is 1. The van der Waals surface area contributed by atoms with Crippen molar-refractivity contribution in [1.29, 1.82) is 0 Å². The molecule has 0 spiro atoms. The van der Waals surface area contributed by atoms with Crippen LogP contribution >= 0.6 is 34.9 Å². The first-order valence-corrected chi connectivity index (χ1v) is 12.2. The molecule has 0 aliphatic rings. The lowest BCUT2D eigenvalue weighted by molar-refractivity contribution is -0.118. The summed E-state index contributed by atoms with van der Waals surface area (Å²) in [5.41, 5.74) is 0.932. The summed E-state index contributed by atoms with van der Waals surface area (Å²) >= 11 is 4.20. The van der Waals surface area contributed by atoms with Crippen molar-refractivity contribution in [3.8, 4) is 11.5 Å². The van der Waals surface area contributed by atoms with Crippen LogP contribution in [0.4, 0.5) is 0 Å². The van der Waals surface area contributed by atoms with E-state index in [-0.39, 0.29) is 12.5 Å². The number of thioether (sulfide) groups is 2. The highest BCUT2D eigenvalue weighted by molar-refractivity contribution is 8.03. The summed E-state index contributed by atoms with van der Waals surface area (Å²) in [4.78, 5) is 11.6. The van der Waals surface area contributed by atoms with Crippen LogP contribution in [0.5, 0.6) is 11.5 Å². The number of aliphatic hydroxyl groups excluding tert-OH is 1. The van der Waals surface area contributed by atoms with E-state index in [0.717, 1.165) is 20.7 Å². The monoisotopic (exact) mass is 473 g/mol. The molecule has 1 atom stereocenters. The van der Waals surface area contributed by atoms with Crippen LogP contribution < -0.4 is 14.8 Å². The van der Waals surface area contributed by atoms with Gasteiger partial charge in [-0.15, -0.1) is 10.2 Å². The molecule has 1 aromatic heterocycles. The van der Waals surface area contributed by atoms with E-state index in [9.17, 15) is 9.90 Å². The molecule has 0 radical (unpaired) electrons. The van der Waals surface area contributed by atoms with E-state index in [1.54, 1.807) is 14.2 Å². The van der Waals surface area contributed by atoms with Crippen LogP contribution in [0.25, 0.3) is 0 Å². The lowest BCUT2D eigenvalue weighted by Crippen LogP contribution is -2.25. The van der Waals surface area contributed by atoms with Gasteiger partial charge in [0.15, 0.2) is 20.2 Å². The molecule has 2 N–H and O–H groups in total. The molecule has 2 rings (SSSR count). The second-order valence-electron chi connectivity index (χ2n) is 6.14. The third kappa shape index (κ3) is 8.68. The minimum Gasteiger partial charge on any atom is -0.493 e. The molecule has 0 bridgehead atoms. The highest BCUT2D eigenvalue weighted by atomic mass is 32.2. The molecule has 0 saturated carbocycles. The van der Waals surface area contributed by atoms with E-state index in [0.29, 0.717) is 36.2 Å². The average Bonchev–Trinajstić information content (AvgIpc) is 3.22. The first kappa shape index (κ1) is 24.7. The Morgan fingerprint density at radius 2 is 1.93 bits per heavy atom. The summed E-state index contributed by atoms with van der Waals surface area (Å²) < 4.78 is 17.6. The Morgan fingerprint density at radius 3 is 2.63 bits per heavy atom. The maximum atomic E-state index is 11.6. The highest BCUT2D eigenvalue weighted by Crippen LogP contribution is 2.29. The lowest BCUT2D eigenvalue weighted by atomic mass is 10.2. The van der Waals surface area contributed by atoms with Gasteiger partial charge >= 0.3 is 0 Å². The maximum Gasteiger partial charge on any atom is 0.230 e. The van der Waals surface area contributed by atoms with Crippen molar-refractivity contribution in [1.82, 2.24) is 15.5 Å². The Bertz CT molecular complexity index is 791. The third-order valence-electron chi connectivity index (χ3n) is 3.71. The number of aromatic nitrogens is 2. The van der Waals surface area contributed by atoms with Gasteiger partial charge < -0.3 is 24.6 Å². The number of nitrogens with zero attached hydrogens (tertiary/aromatic N) is 2. The number of benzene rings is 1. The number of amides is 1. The SMILES string of the molecule is CCCNC(=O)CSc1nnc(SCC(O)COCc2ccc(OC)c(OC)c2)s1. The summed E-state index contributed by atoms with van der Waals surface area (Å²) in [6.07, 6.45) is 0.283. The van der Waals surface area contributed by atoms with Gasteiger partial charge in [0, 0.05) is 12.3 Å². The molecule has 0 aliphatic carbocycles. The maximum absolute atomic E-state index is 11.6. The fourth-order valence-corrected chi connectivity index (χ4v) is 5.04. The predicted octanol–water partition coefficient (Wildman–Crippen LogP) is 2.84. The Balaban J connectivity index is 1.67. The van der Waals surface area contributed by atoms with Crippen LogP contribution in [0.1, 0.15) is 18.9 Å². The first-order chi connectivity index (χ1) is 14.5. The summed E-state index contributed by atoms with van der Waals surface area (Å²) in [5.74, 6) is 2.07. The summed E-state index contributed by atoms with van der Waals surface area (Å²) in [5, 5.41) is 21.1. The number of ether oxygens (including phenoxy) is 3. The molecule has 2 aromatic rings. The normalized spacial score (nSPS) is 11.9. The molecule has 0 saturated heterocycles. The van der Waals surface area contributed by atoms with Crippen molar-refractivity contribution in [2.45, 2.75) is 34.7 Å². The number of rotatable bonds is 14. The smallest absolute Gasteiger partial charge is 0.230 e. The van der Waals surface area contributed by atoms with Gasteiger partial charge in [-0.2, -0.15) is 0 Å². The molecule has 1 aromatic carbocycles. The number of aliphatic hydroxyl groups is 1. The van der Waals surface area contributed by atoms with E-state index < -0.39 is 6.10 Å². The number of carbonyl (C=O) groups is 1. The minimum atomic E-state index is -0.630. The molecule has 1 unspecified atom stereocenters. The van der Waals surface area contributed by atoms with E-state index in [1.807, 2.05) is 25.1 Å². The van der Waals surface area contributed by atoms with Crippen LogP contribution in [0, 0.1) is 0 Å². The summed E-state index contributed by atoms with van der Waals surface area (Å²) in [7, 11) is 3.17. The molecular formula is C19H27N3O5S3. The Morgan fingerprint density at radius 1 is 1.20 bits per heavy atom. The quantitative estimate of drug-likeness (QED) is 0.401. The van der Waals surface area contributed by atoms with E-state index >= 15 is 0 Å². The summed E-state index contributed by atoms with van der Waals surface area (Å²) in [6.45, 7) is 3.26. The van der Waals surface area contributed by atoms with Crippen LogP contribution in [0.2, 0.25) is 0 Å². The number of nitrogens with one attached hydrogen (secondary N) is 1. The van der Waals surface area contributed by atoms with Crippen LogP contribution in [-0.2, 0) is 16.1 Å². The van der Waals surface area contributed by atoms with Crippen molar-refractivity contribution >= 4 is 40.8 Å². The van der Waals surface area contributed by atoms with Crippen molar-refractivity contribution in [2.75, 3.05) is 38.9 Å². The fraction of sp³-hybridized carbons (Fsp3) is 0.526. The van der Waals surface area contributed by atoms with Crippen LogP contribution in [0.3, 0.4) is 0 Å². The van der Waals surface area contributed by atoms with Gasteiger partial charge in [-0.1, -0.05) is 47.9 Å². The zero-order valence-corrected chi connectivity index (χ0v) is 19.7. The zero-order valence-electron chi connectivity index (χ0n) is 17.3. The third-order valence-corrected chi connectivity index (χ3v) is 7.05. The molecule has 0 fully saturated rings. The Labute approximate surface area is 189 Å². The predicted molar refractivity (Wildman–Crippen MR) is 120 cm³/mol. The van der Waals surface area contributed by atoms with Crippen LogP contribution in [-0.4, -0.2) is 66.2 Å². The molecule has 8 nitrogen and oxygen atoms in total. The van der Waals surface area contributed by atoms with Gasteiger partial charge in [0.1, 0.15) is 0 Å².